The van der Waals surface area contributed by atoms with Crippen LogP contribution in [0.3, 0.4) is 0 Å². The maximum atomic E-state index is 12.1. The topological polar surface area (TPSA) is 50.4 Å². The summed E-state index contributed by atoms with van der Waals surface area (Å²) in [4.78, 5) is 11.7. The molecule has 0 saturated heterocycles. The van der Waals surface area contributed by atoms with Gasteiger partial charge in [-0.25, -0.2) is 4.79 Å². The number of carbonyl (C=O) groups is 1. The van der Waals surface area contributed by atoms with Crippen LogP contribution in [0.25, 0.3) is 0 Å². The molecule has 0 aromatic heterocycles. The molecule has 1 aliphatic rings. The van der Waals surface area contributed by atoms with Gasteiger partial charge in [0.05, 0.1) is 0 Å². The van der Waals surface area contributed by atoms with Gasteiger partial charge in [0, 0.05) is 12.6 Å². The smallest absolute Gasteiger partial charge is 0.422 e. The highest BCUT2D eigenvalue weighted by Crippen LogP contribution is 2.32. The fourth-order valence-electron chi connectivity index (χ4n) is 2.06. The average Bonchev–Trinajstić information content (AvgIpc) is 3.27. The van der Waals surface area contributed by atoms with Crippen LogP contribution in [-0.4, -0.2) is 24.9 Å². The lowest BCUT2D eigenvalue weighted by Gasteiger charge is -2.14. The molecule has 1 aromatic rings. The zero-order valence-electron chi connectivity index (χ0n) is 12.2. The number of halogens is 3. The maximum absolute atomic E-state index is 12.1. The summed E-state index contributed by atoms with van der Waals surface area (Å²) >= 11 is 0. The quantitative estimate of drug-likeness (QED) is 0.846. The lowest BCUT2D eigenvalue weighted by atomic mass is 10.2. The molecule has 0 radical (unpaired) electrons. The van der Waals surface area contributed by atoms with Crippen LogP contribution in [0.5, 0.6) is 5.75 Å². The van der Waals surface area contributed by atoms with Gasteiger partial charge in [-0.15, -0.1) is 0 Å². The van der Waals surface area contributed by atoms with Gasteiger partial charge in [0.1, 0.15) is 5.75 Å². The molecule has 4 nitrogen and oxygen atoms in total. The molecule has 122 valence electrons. The van der Waals surface area contributed by atoms with Crippen LogP contribution in [0.1, 0.15) is 25.3 Å². The monoisotopic (exact) mass is 316 g/mol. The molecule has 22 heavy (non-hydrogen) atoms. The number of hydrogen-bond donors (Lipinski definition) is 2. The van der Waals surface area contributed by atoms with Crippen molar-refractivity contribution in [3.8, 4) is 5.75 Å². The Bertz CT molecular complexity index is 516. The third kappa shape index (κ3) is 5.83. The van der Waals surface area contributed by atoms with Gasteiger partial charge in [0.2, 0.25) is 0 Å². The molecular formula is C15H19F3N2O2. The predicted molar refractivity (Wildman–Crippen MR) is 75.5 cm³/mol. The molecule has 1 unspecified atom stereocenters. The Labute approximate surface area is 127 Å². The van der Waals surface area contributed by atoms with E-state index in [1.165, 1.54) is 12.1 Å². The number of alkyl halides is 3. The van der Waals surface area contributed by atoms with Gasteiger partial charge in [0.15, 0.2) is 6.61 Å². The number of benzene rings is 1. The number of nitrogens with one attached hydrogen (secondary N) is 2. The summed E-state index contributed by atoms with van der Waals surface area (Å²) in [5, 5.41) is 5.53. The Morgan fingerprint density at radius 3 is 2.77 bits per heavy atom. The van der Waals surface area contributed by atoms with Gasteiger partial charge < -0.3 is 15.4 Å². The van der Waals surface area contributed by atoms with Gasteiger partial charge in [-0.1, -0.05) is 12.1 Å². The zero-order chi connectivity index (χ0) is 16.2. The molecule has 0 bridgehead atoms. The Morgan fingerprint density at radius 2 is 2.14 bits per heavy atom. The summed E-state index contributed by atoms with van der Waals surface area (Å²) in [5.41, 5.74) is 0.675. The van der Waals surface area contributed by atoms with E-state index in [-0.39, 0.29) is 24.4 Å². The molecule has 0 heterocycles. The molecule has 1 atom stereocenters. The Hall–Kier alpha value is -1.92. The van der Waals surface area contributed by atoms with Gasteiger partial charge in [-0.2, -0.15) is 13.2 Å². The summed E-state index contributed by atoms with van der Waals surface area (Å²) in [7, 11) is 0. The summed E-state index contributed by atoms with van der Waals surface area (Å²) in [6, 6.07) is 6.10. The van der Waals surface area contributed by atoms with Crippen molar-refractivity contribution in [2.45, 2.75) is 38.5 Å². The average molecular weight is 316 g/mol. The Morgan fingerprint density at radius 1 is 1.41 bits per heavy atom. The molecule has 2 amide bonds. The van der Waals surface area contributed by atoms with E-state index in [9.17, 15) is 18.0 Å². The Balaban J connectivity index is 1.78. The van der Waals surface area contributed by atoms with E-state index in [1.807, 2.05) is 6.92 Å². The molecular weight excluding hydrogens is 297 g/mol. The van der Waals surface area contributed by atoms with E-state index in [1.54, 1.807) is 12.1 Å². The van der Waals surface area contributed by atoms with E-state index < -0.39 is 12.8 Å². The highest BCUT2D eigenvalue weighted by molar-refractivity contribution is 5.74. The van der Waals surface area contributed by atoms with Crippen LogP contribution in [0, 0.1) is 5.92 Å². The van der Waals surface area contributed by atoms with Crippen LogP contribution < -0.4 is 15.4 Å². The minimum Gasteiger partial charge on any atom is -0.484 e. The lowest BCUT2D eigenvalue weighted by Crippen LogP contribution is -2.41. The van der Waals surface area contributed by atoms with E-state index in [4.69, 9.17) is 0 Å². The molecule has 2 rings (SSSR count). The second-order valence-corrected chi connectivity index (χ2v) is 5.50. The maximum Gasteiger partial charge on any atom is 0.422 e. The number of carbonyl (C=O) groups excluding carboxylic acids is 1. The van der Waals surface area contributed by atoms with Crippen LogP contribution in [0.15, 0.2) is 24.3 Å². The van der Waals surface area contributed by atoms with E-state index in [0.717, 1.165) is 12.8 Å². The molecule has 1 aromatic carbocycles. The summed E-state index contributed by atoms with van der Waals surface area (Å²) in [6.07, 6.45) is -2.09. The molecule has 1 fully saturated rings. The lowest BCUT2D eigenvalue weighted by molar-refractivity contribution is -0.153. The number of urea groups is 1. The molecule has 2 N–H and O–H groups in total. The van der Waals surface area contributed by atoms with E-state index >= 15 is 0 Å². The van der Waals surface area contributed by atoms with Crippen LogP contribution in [0.2, 0.25) is 0 Å². The first kappa shape index (κ1) is 16.5. The predicted octanol–water partition coefficient (Wildman–Crippen LogP) is 3.23. The van der Waals surface area contributed by atoms with Crippen molar-refractivity contribution in [3.05, 3.63) is 29.8 Å². The fourth-order valence-corrected chi connectivity index (χ4v) is 2.06. The number of hydrogen-bond acceptors (Lipinski definition) is 2. The van der Waals surface area contributed by atoms with Crippen LogP contribution in [0.4, 0.5) is 18.0 Å². The van der Waals surface area contributed by atoms with E-state index in [0.29, 0.717) is 11.5 Å². The summed E-state index contributed by atoms with van der Waals surface area (Å²) < 4.78 is 41.0. The van der Waals surface area contributed by atoms with Crippen LogP contribution >= 0.6 is 0 Å². The van der Waals surface area contributed by atoms with Crippen molar-refractivity contribution >= 4 is 6.03 Å². The summed E-state index contributed by atoms with van der Waals surface area (Å²) in [5.74, 6) is 0.688. The summed E-state index contributed by atoms with van der Waals surface area (Å²) in [6.45, 7) is 0.860. The van der Waals surface area contributed by atoms with Crippen molar-refractivity contribution in [3.63, 3.8) is 0 Å². The Kier molecular flexibility index (Phi) is 5.15. The van der Waals surface area contributed by atoms with Gasteiger partial charge in [-0.3, -0.25) is 0 Å². The standard InChI is InChI=1S/C15H19F3N2O2/c1-10(12-5-6-12)20-14(21)19-8-11-3-2-4-13(7-11)22-9-15(16,17)18/h2-4,7,10,12H,5-6,8-9H2,1H3,(H2,19,20,21). The van der Waals surface area contributed by atoms with Gasteiger partial charge in [-0.05, 0) is 43.4 Å². The van der Waals surface area contributed by atoms with Crippen molar-refractivity contribution in [1.29, 1.82) is 0 Å². The van der Waals surface area contributed by atoms with Crippen molar-refractivity contribution in [2.75, 3.05) is 6.61 Å². The first-order valence-electron chi connectivity index (χ1n) is 7.16. The largest absolute Gasteiger partial charge is 0.484 e. The van der Waals surface area contributed by atoms with Crippen molar-refractivity contribution in [2.24, 2.45) is 5.92 Å². The van der Waals surface area contributed by atoms with Crippen molar-refractivity contribution in [1.82, 2.24) is 10.6 Å². The van der Waals surface area contributed by atoms with Crippen molar-refractivity contribution < 1.29 is 22.7 Å². The minimum absolute atomic E-state index is 0.128. The highest BCUT2D eigenvalue weighted by atomic mass is 19.4. The molecule has 0 spiro atoms. The first-order chi connectivity index (χ1) is 10.3. The first-order valence-corrected chi connectivity index (χ1v) is 7.16. The third-order valence-electron chi connectivity index (χ3n) is 3.44. The normalized spacial score (nSPS) is 16.0. The number of rotatable bonds is 6. The zero-order valence-corrected chi connectivity index (χ0v) is 12.2. The highest BCUT2D eigenvalue weighted by Gasteiger charge is 2.29. The minimum atomic E-state index is -4.37. The van der Waals surface area contributed by atoms with Crippen LogP contribution in [-0.2, 0) is 6.54 Å². The SMILES string of the molecule is CC(NC(=O)NCc1cccc(OCC(F)(F)F)c1)C1CC1. The molecule has 0 aliphatic heterocycles. The third-order valence-corrected chi connectivity index (χ3v) is 3.44. The van der Waals surface area contributed by atoms with E-state index in [2.05, 4.69) is 15.4 Å². The second kappa shape index (κ2) is 6.89. The second-order valence-electron chi connectivity index (χ2n) is 5.50. The molecule has 7 heteroatoms. The van der Waals surface area contributed by atoms with Gasteiger partial charge >= 0.3 is 12.2 Å². The fraction of sp³-hybridized carbons (Fsp3) is 0.533. The number of amides is 2. The number of ether oxygens (including phenoxy) is 1. The molecule has 1 saturated carbocycles. The van der Waals surface area contributed by atoms with Gasteiger partial charge in [0.25, 0.3) is 0 Å². The molecule has 1 aliphatic carbocycles.